The molecule has 0 radical (unpaired) electrons. The highest BCUT2D eigenvalue weighted by molar-refractivity contribution is 5.29. The first-order valence-electron chi connectivity index (χ1n) is 8.56. The molecule has 1 aliphatic carbocycles. The van der Waals surface area contributed by atoms with Gasteiger partial charge in [0.15, 0.2) is 23.7 Å². The van der Waals surface area contributed by atoms with Crippen LogP contribution in [0, 0.1) is 0 Å². The van der Waals surface area contributed by atoms with Gasteiger partial charge in [0, 0.05) is 11.1 Å². The predicted octanol–water partition coefficient (Wildman–Crippen LogP) is 2.16. The highest BCUT2D eigenvalue weighted by Gasteiger charge is 2.55. The largest absolute Gasteiger partial charge is 0.458 e. The van der Waals surface area contributed by atoms with Crippen LogP contribution in [-0.4, -0.2) is 34.6 Å². The average molecular weight is 354 g/mol. The van der Waals surface area contributed by atoms with Gasteiger partial charge in [-0.3, -0.25) is 0 Å². The Bertz CT molecular complexity index is 751. The van der Waals surface area contributed by atoms with E-state index in [4.69, 9.17) is 18.9 Å². The van der Waals surface area contributed by atoms with E-state index in [-0.39, 0.29) is 0 Å². The molecule has 2 aromatic carbocycles. The van der Waals surface area contributed by atoms with Crippen molar-refractivity contribution in [3.8, 4) is 0 Å². The molecule has 2 aliphatic heterocycles. The summed E-state index contributed by atoms with van der Waals surface area (Å²) in [6.07, 6.45) is -5.23. The molecule has 2 N–H and O–H groups in total. The third kappa shape index (κ3) is 2.42. The lowest BCUT2D eigenvalue weighted by Gasteiger charge is -2.30. The molecule has 0 amide bonds. The molecule has 2 heterocycles. The molecule has 6 unspecified atom stereocenters. The Morgan fingerprint density at radius 2 is 0.962 bits per heavy atom. The maximum atomic E-state index is 10.5. The normalized spacial score (nSPS) is 35.5. The monoisotopic (exact) mass is 354 g/mol. The zero-order chi connectivity index (χ0) is 17.7. The first-order chi connectivity index (χ1) is 12.7. The third-order valence-corrected chi connectivity index (χ3v) is 4.88. The molecule has 2 fully saturated rings. The Morgan fingerprint density at radius 3 is 1.35 bits per heavy atom. The Labute approximate surface area is 150 Å². The first-order valence-corrected chi connectivity index (χ1v) is 8.56. The van der Waals surface area contributed by atoms with Crippen LogP contribution in [0.4, 0.5) is 0 Å². The zero-order valence-corrected chi connectivity index (χ0v) is 13.8. The van der Waals surface area contributed by atoms with Gasteiger partial charge < -0.3 is 29.2 Å². The number of hydrogen-bond acceptors (Lipinski definition) is 6. The second kappa shape index (κ2) is 6.10. The molecular weight excluding hydrogens is 336 g/mol. The van der Waals surface area contributed by atoms with E-state index in [0.717, 1.165) is 11.1 Å². The van der Waals surface area contributed by atoms with E-state index in [1.807, 2.05) is 60.7 Å². The topological polar surface area (TPSA) is 77.4 Å². The van der Waals surface area contributed by atoms with Crippen molar-refractivity contribution in [1.82, 2.24) is 0 Å². The van der Waals surface area contributed by atoms with Crippen LogP contribution in [-0.2, 0) is 18.9 Å². The Kier molecular flexibility index (Phi) is 3.72. The molecule has 6 nitrogen and oxygen atoms in total. The van der Waals surface area contributed by atoms with Gasteiger partial charge in [-0.25, -0.2) is 0 Å². The number of benzene rings is 2. The van der Waals surface area contributed by atoms with E-state index in [2.05, 4.69) is 0 Å². The second-order valence-electron chi connectivity index (χ2n) is 6.54. The number of fused-ring (bicyclic) bond motifs is 2. The first kappa shape index (κ1) is 15.8. The van der Waals surface area contributed by atoms with Gasteiger partial charge in [-0.15, -0.1) is 0 Å². The molecule has 0 bridgehead atoms. The van der Waals surface area contributed by atoms with Crippen LogP contribution in [0.5, 0.6) is 0 Å². The molecular formula is C20H18O6. The van der Waals surface area contributed by atoms with E-state index in [0.29, 0.717) is 11.5 Å². The molecule has 2 aromatic rings. The van der Waals surface area contributed by atoms with Crippen LogP contribution in [0.2, 0.25) is 0 Å². The summed E-state index contributed by atoms with van der Waals surface area (Å²) in [6.45, 7) is 0. The summed E-state index contributed by atoms with van der Waals surface area (Å²) in [6, 6.07) is 18.9. The molecule has 0 saturated carbocycles. The van der Waals surface area contributed by atoms with Crippen LogP contribution in [0.3, 0.4) is 0 Å². The van der Waals surface area contributed by atoms with Crippen LogP contribution in [0.1, 0.15) is 23.7 Å². The number of ether oxygens (including phenoxy) is 4. The summed E-state index contributed by atoms with van der Waals surface area (Å²) < 4.78 is 23.6. The van der Waals surface area contributed by atoms with Gasteiger partial charge in [0.2, 0.25) is 12.6 Å². The van der Waals surface area contributed by atoms with Gasteiger partial charge in [-0.1, -0.05) is 60.7 Å². The minimum absolute atomic E-state index is 0.389. The van der Waals surface area contributed by atoms with Gasteiger partial charge in [0.05, 0.1) is 0 Å². The molecule has 26 heavy (non-hydrogen) atoms. The van der Waals surface area contributed by atoms with Crippen LogP contribution >= 0.6 is 0 Å². The summed E-state index contributed by atoms with van der Waals surface area (Å²) in [4.78, 5) is 0. The number of aliphatic hydroxyl groups excluding tert-OH is 2. The SMILES string of the molecule is OC1C2OC(c3ccccc3)OC2=C2OC(c3ccccc3)OC2C1O. The molecule has 5 rings (SSSR count). The van der Waals surface area contributed by atoms with E-state index in [9.17, 15) is 10.2 Å². The lowest BCUT2D eigenvalue weighted by Crippen LogP contribution is -2.49. The van der Waals surface area contributed by atoms with Crippen LogP contribution in [0.15, 0.2) is 72.2 Å². The number of aliphatic hydroxyl groups is 2. The highest BCUT2D eigenvalue weighted by atomic mass is 16.8. The van der Waals surface area contributed by atoms with Gasteiger partial charge in [-0.2, -0.15) is 0 Å². The third-order valence-electron chi connectivity index (χ3n) is 4.88. The maximum absolute atomic E-state index is 10.5. The fourth-order valence-corrected chi connectivity index (χ4v) is 3.55. The summed E-state index contributed by atoms with van der Waals surface area (Å²) in [5.74, 6) is 0.778. The molecule has 2 saturated heterocycles. The highest BCUT2D eigenvalue weighted by Crippen LogP contribution is 2.47. The fourth-order valence-electron chi connectivity index (χ4n) is 3.55. The standard InChI is InChI=1S/C20H18O6/c21-13-14(22)16-18(26-20(24-16)12-9-5-2-6-10-12)17-15(13)23-19(25-17)11-7-3-1-4-8-11/h1-10,13-16,19-22H. The van der Waals surface area contributed by atoms with E-state index >= 15 is 0 Å². The number of rotatable bonds is 2. The minimum Gasteiger partial charge on any atom is -0.458 e. The average Bonchev–Trinajstić information content (AvgIpc) is 3.32. The van der Waals surface area contributed by atoms with Crippen molar-refractivity contribution in [3.63, 3.8) is 0 Å². The van der Waals surface area contributed by atoms with Crippen molar-refractivity contribution < 1.29 is 29.2 Å². The fraction of sp³-hybridized carbons (Fsp3) is 0.300. The van der Waals surface area contributed by atoms with Crippen LogP contribution < -0.4 is 0 Å². The minimum atomic E-state index is -1.16. The van der Waals surface area contributed by atoms with Crippen molar-refractivity contribution in [1.29, 1.82) is 0 Å². The maximum Gasteiger partial charge on any atom is 0.227 e. The summed E-state index contributed by atoms with van der Waals surface area (Å²) >= 11 is 0. The smallest absolute Gasteiger partial charge is 0.227 e. The molecule has 134 valence electrons. The van der Waals surface area contributed by atoms with Crippen molar-refractivity contribution >= 4 is 0 Å². The lowest BCUT2D eigenvalue weighted by molar-refractivity contribution is -0.141. The second-order valence-corrected chi connectivity index (χ2v) is 6.54. The quantitative estimate of drug-likeness (QED) is 0.861. The van der Waals surface area contributed by atoms with E-state index < -0.39 is 37.0 Å². The van der Waals surface area contributed by atoms with Crippen LogP contribution in [0.25, 0.3) is 0 Å². The Hall–Kier alpha value is -2.38. The summed E-state index contributed by atoms with van der Waals surface area (Å²) in [5, 5.41) is 21.0. The summed E-state index contributed by atoms with van der Waals surface area (Å²) in [5.41, 5.74) is 1.65. The van der Waals surface area contributed by atoms with Crippen molar-refractivity contribution in [2.75, 3.05) is 0 Å². The Balaban J connectivity index is 1.49. The molecule has 0 aromatic heterocycles. The molecule has 3 aliphatic rings. The van der Waals surface area contributed by atoms with Crippen molar-refractivity contribution in [2.45, 2.75) is 37.0 Å². The van der Waals surface area contributed by atoms with E-state index in [1.54, 1.807) is 0 Å². The predicted molar refractivity (Wildman–Crippen MR) is 89.3 cm³/mol. The van der Waals surface area contributed by atoms with Gasteiger partial charge in [0.1, 0.15) is 12.2 Å². The van der Waals surface area contributed by atoms with Gasteiger partial charge in [-0.05, 0) is 0 Å². The lowest BCUT2D eigenvalue weighted by atomic mass is 9.93. The zero-order valence-electron chi connectivity index (χ0n) is 13.8. The Morgan fingerprint density at radius 1 is 0.577 bits per heavy atom. The van der Waals surface area contributed by atoms with Crippen molar-refractivity contribution in [3.05, 3.63) is 83.3 Å². The summed E-state index contributed by atoms with van der Waals surface area (Å²) in [7, 11) is 0. The van der Waals surface area contributed by atoms with Crippen molar-refractivity contribution in [2.24, 2.45) is 0 Å². The van der Waals surface area contributed by atoms with Gasteiger partial charge >= 0.3 is 0 Å². The van der Waals surface area contributed by atoms with Gasteiger partial charge in [0.25, 0.3) is 0 Å². The number of hydrogen-bond donors (Lipinski definition) is 2. The molecule has 0 spiro atoms. The van der Waals surface area contributed by atoms with E-state index in [1.165, 1.54) is 0 Å². The molecule has 6 heteroatoms. The molecule has 6 atom stereocenters.